The van der Waals surface area contributed by atoms with Gasteiger partial charge in [0, 0.05) is 29.2 Å². The fraction of sp³-hybridized carbons (Fsp3) is 0.450. The van der Waals surface area contributed by atoms with Crippen LogP contribution >= 0.6 is 0 Å². The van der Waals surface area contributed by atoms with E-state index in [0.717, 1.165) is 19.4 Å². The minimum Gasteiger partial charge on any atom is -0.469 e. The number of piperidine rings is 3. The summed E-state index contributed by atoms with van der Waals surface area (Å²) in [5.41, 5.74) is 5.40. The van der Waals surface area contributed by atoms with Crippen molar-refractivity contribution in [3.05, 3.63) is 47.2 Å². The molecule has 124 valence electrons. The molecule has 0 amide bonds. The maximum absolute atomic E-state index is 12.5. The van der Waals surface area contributed by atoms with Gasteiger partial charge >= 0.3 is 5.97 Å². The molecule has 4 nitrogen and oxygen atoms in total. The summed E-state index contributed by atoms with van der Waals surface area (Å²) >= 11 is 0. The normalized spacial score (nSPS) is 35.2. The number of hydrogen-bond acceptors (Lipinski definition) is 3. The van der Waals surface area contributed by atoms with E-state index in [1.165, 1.54) is 34.8 Å². The number of rotatable bonds is 1. The molecule has 4 aliphatic heterocycles. The fourth-order valence-corrected chi connectivity index (χ4v) is 5.39. The molecule has 3 fully saturated rings. The van der Waals surface area contributed by atoms with Gasteiger partial charge in [0.25, 0.3) is 0 Å². The molecule has 1 aromatic heterocycles. The molecule has 0 spiro atoms. The first-order valence-corrected chi connectivity index (χ1v) is 8.81. The average molecular weight is 322 g/mol. The molecular weight excluding hydrogens is 300 g/mol. The van der Waals surface area contributed by atoms with Gasteiger partial charge in [0.15, 0.2) is 0 Å². The standard InChI is InChI=1S/C20H22N2O2/c1-3-11-10-22-16-9-14-12-6-4-5-7-15(12)21-19(14)17(22)8-13(11)18(16)20(23)24-2/h3-7,13,16-18,21H,8-10H2,1-2H3/t13-,16-,17-,18?/m0/s1. The van der Waals surface area contributed by atoms with E-state index in [0.29, 0.717) is 12.0 Å². The molecule has 4 bridgehead atoms. The van der Waals surface area contributed by atoms with E-state index in [1.54, 1.807) is 0 Å². The van der Waals surface area contributed by atoms with E-state index in [2.05, 4.69) is 47.1 Å². The molecule has 1 aromatic carbocycles. The van der Waals surface area contributed by atoms with Crippen LogP contribution in [-0.4, -0.2) is 35.5 Å². The highest BCUT2D eigenvalue weighted by Gasteiger charge is 2.55. The Hall–Kier alpha value is -2.07. The molecule has 0 aliphatic carbocycles. The number of hydrogen-bond donors (Lipinski definition) is 1. The van der Waals surface area contributed by atoms with Crippen LogP contribution in [0, 0.1) is 11.8 Å². The van der Waals surface area contributed by atoms with Crippen LogP contribution in [0.1, 0.15) is 30.6 Å². The third kappa shape index (κ3) is 1.69. The lowest BCUT2D eigenvalue weighted by Gasteiger charge is -2.57. The van der Waals surface area contributed by atoms with Gasteiger partial charge in [0.2, 0.25) is 0 Å². The van der Waals surface area contributed by atoms with Gasteiger partial charge in [-0.05, 0) is 37.3 Å². The molecule has 6 rings (SSSR count). The Kier molecular flexibility index (Phi) is 2.95. The van der Waals surface area contributed by atoms with E-state index in [9.17, 15) is 4.79 Å². The highest BCUT2D eigenvalue weighted by atomic mass is 16.5. The number of para-hydroxylation sites is 1. The maximum atomic E-state index is 12.5. The van der Waals surface area contributed by atoms with E-state index in [1.807, 2.05) is 0 Å². The zero-order valence-corrected chi connectivity index (χ0v) is 14.1. The Morgan fingerprint density at radius 1 is 1.38 bits per heavy atom. The van der Waals surface area contributed by atoms with Crippen molar-refractivity contribution in [2.24, 2.45) is 11.8 Å². The Balaban J connectivity index is 1.67. The van der Waals surface area contributed by atoms with Crippen LogP contribution < -0.4 is 0 Å². The number of aromatic nitrogens is 1. The number of ether oxygens (including phenoxy) is 1. The lowest BCUT2D eigenvalue weighted by Crippen LogP contribution is -2.62. The summed E-state index contributed by atoms with van der Waals surface area (Å²) in [7, 11) is 1.52. The van der Waals surface area contributed by atoms with Crippen LogP contribution in [-0.2, 0) is 16.0 Å². The van der Waals surface area contributed by atoms with Gasteiger partial charge in [-0.25, -0.2) is 0 Å². The SMILES string of the molecule is CC=C1CN2[C@H]3C[C@@H]1C(C(=O)OC)[C@@H]2Cc1c3[nH]c2ccccc12. The van der Waals surface area contributed by atoms with Crippen molar-refractivity contribution in [3.63, 3.8) is 0 Å². The molecule has 0 saturated carbocycles. The third-order valence-corrected chi connectivity index (χ3v) is 6.43. The predicted octanol–water partition coefficient (Wildman–Crippen LogP) is 3.20. The van der Waals surface area contributed by atoms with Crippen molar-refractivity contribution in [3.8, 4) is 0 Å². The van der Waals surface area contributed by atoms with Gasteiger partial charge in [-0.2, -0.15) is 0 Å². The number of esters is 1. The minimum atomic E-state index is -0.0456. The van der Waals surface area contributed by atoms with Gasteiger partial charge in [0.1, 0.15) is 0 Å². The molecule has 2 unspecified atom stereocenters. The predicted molar refractivity (Wildman–Crippen MR) is 92.6 cm³/mol. The van der Waals surface area contributed by atoms with Crippen LogP contribution in [0.4, 0.5) is 0 Å². The quantitative estimate of drug-likeness (QED) is 0.648. The van der Waals surface area contributed by atoms with E-state index in [4.69, 9.17) is 4.74 Å². The lowest BCUT2D eigenvalue weighted by molar-refractivity contribution is -0.157. The number of benzene rings is 1. The van der Waals surface area contributed by atoms with Crippen molar-refractivity contribution in [2.75, 3.05) is 13.7 Å². The summed E-state index contributed by atoms with van der Waals surface area (Å²) in [6.45, 7) is 3.08. The monoisotopic (exact) mass is 322 g/mol. The van der Waals surface area contributed by atoms with Crippen LogP contribution in [0.15, 0.2) is 35.9 Å². The van der Waals surface area contributed by atoms with Crippen molar-refractivity contribution in [1.29, 1.82) is 0 Å². The Labute approximate surface area is 141 Å². The first-order valence-electron chi connectivity index (χ1n) is 8.81. The summed E-state index contributed by atoms with van der Waals surface area (Å²) in [6, 6.07) is 9.20. The highest BCUT2D eigenvalue weighted by molar-refractivity contribution is 5.86. The minimum absolute atomic E-state index is 0.0342. The topological polar surface area (TPSA) is 45.3 Å². The number of H-pyrrole nitrogens is 1. The second-order valence-corrected chi connectivity index (χ2v) is 7.28. The Morgan fingerprint density at radius 2 is 2.21 bits per heavy atom. The van der Waals surface area contributed by atoms with Crippen molar-refractivity contribution >= 4 is 16.9 Å². The summed E-state index contributed by atoms with van der Waals surface area (Å²) < 4.78 is 5.18. The van der Waals surface area contributed by atoms with Gasteiger partial charge < -0.3 is 9.72 Å². The van der Waals surface area contributed by atoms with Crippen LogP contribution in [0.3, 0.4) is 0 Å². The molecule has 2 aromatic rings. The Morgan fingerprint density at radius 3 is 3.00 bits per heavy atom. The lowest BCUT2D eigenvalue weighted by atomic mass is 9.64. The summed E-state index contributed by atoms with van der Waals surface area (Å²) in [5, 5.41) is 1.32. The second-order valence-electron chi connectivity index (χ2n) is 7.28. The molecule has 24 heavy (non-hydrogen) atoms. The number of aromatic amines is 1. The zero-order chi connectivity index (χ0) is 16.4. The van der Waals surface area contributed by atoms with Gasteiger partial charge in [-0.3, -0.25) is 9.69 Å². The number of carbonyl (C=O) groups is 1. The summed E-state index contributed by atoms with van der Waals surface area (Å²) in [4.78, 5) is 18.8. The molecule has 3 saturated heterocycles. The third-order valence-electron chi connectivity index (χ3n) is 6.43. The number of fused-ring (bicyclic) bond motifs is 4. The molecule has 5 heterocycles. The molecule has 5 atom stereocenters. The van der Waals surface area contributed by atoms with Gasteiger partial charge in [-0.15, -0.1) is 0 Å². The molecular formula is C20H22N2O2. The van der Waals surface area contributed by atoms with Crippen LogP contribution in [0.5, 0.6) is 0 Å². The average Bonchev–Trinajstić information content (AvgIpc) is 2.99. The van der Waals surface area contributed by atoms with Gasteiger partial charge in [-0.1, -0.05) is 29.8 Å². The number of nitrogens with zero attached hydrogens (tertiary/aromatic N) is 1. The molecule has 0 radical (unpaired) electrons. The van der Waals surface area contributed by atoms with E-state index in [-0.39, 0.29) is 17.9 Å². The molecule has 4 aliphatic rings. The van der Waals surface area contributed by atoms with Gasteiger partial charge in [0.05, 0.1) is 19.1 Å². The fourth-order valence-electron chi connectivity index (χ4n) is 5.39. The van der Waals surface area contributed by atoms with Crippen molar-refractivity contribution in [2.45, 2.75) is 31.8 Å². The smallest absolute Gasteiger partial charge is 0.310 e. The molecule has 4 heteroatoms. The number of allylic oxidation sites excluding steroid dienone is 1. The van der Waals surface area contributed by atoms with Crippen molar-refractivity contribution in [1.82, 2.24) is 9.88 Å². The summed E-state index contributed by atoms with van der Waals surface area (Å²) in [6.07, 6.45) is 4.15. The summed E-state index contributed by atoms with van der Waals surface area (Å²) in [5.74, 6) is 0.241. The zero-order valence-electron chi connectivity index (χ0n) is 14.1. The Bertz CT molecular complexity index is 866. The first-order chi connectivity index (χ1) is 11.7. The first kappa shape index (κ1) is 14.3. The van der Waals surface area contributed by atoms with Crippen LogP contribution in [0.25, 0.3) is 10.9 Å². The number of carbonyl (C=O) groups excluding carboxylic acids is 1. The maximum Gasteiger partial charge on any atom is 0.310 e. The van der Waals surface area contributed by atoms with Crippen LogP contribution in [0.2, 0.25) is 0 Å². The van der Waals surface area contributed by atoms with E-state index < -0.39 is 0 Å². The van der Waals surface area contributed by atoms with E-state index >= 15 is 0 Å². The second kappa shape index (κ2) is 4.96. The number of methoxy groups -OCH3 is 1. The highest BCUT2D eigenvalue weighted by Crippen LogP contribution is 2.54. The van der Waals surface area contributed by atoms with Crippen molar-refractivity contribution < 1.29 is 9.53 Å². The number of nitrogens with one attached hydrogen (secondary N) is 1. The largest absolute Gasteiger partial charge is 0.469 e. The molecule has 1 N–H and O–H groups in total.